The van der Waals surface area contributed by atoms with E-state index in [9.17, 15) is 9.59 Å². The van der Waals surface area contributed by atoms with Crippen LogP contribution in [0.4, 0.5) is 0 Å². The van der Waals surface area contributed by atoms with Crippen LogP contribution in [0.5, 0.6) is 17.2 Å². The maximum atomic E-state index is 13.9. The molecule has 0 unspecified atom stereocenters. The molecule has 3 atom stereocenters. The van der Waals surface area contributed by atoms with E-state index in [0.717, 1.165) is 16.7 Å². The Hall–Kier alpha value is -3.30. The first-order valence-electron chi connectivity index (χ1n) is 12.6. The second kappa shape index (κ2) is 10.5. The number of nitrogens with zero attached hydrogens (tertiary/aromatic N) is 2. The zero-order chi connectivity index (χ0) is 29.1. The molecule has 6 rings (SSSR count). The van der Waals surface area contributed by atoms with Crippen LogP contribution in [-0.2, 0) is 11.4 Å². The van der Waals surface area contributed by atoms with Crippen molar-refractivity contribution >= 4 is 58.0 Å². The van der Waals surface area contributed by atoms with E-state index < -0.39 is 17.7 Å². The van der Waals surface area contributed by atoms with Crippen molar-refractivity contribution < 1.29 is 19.0 Å². The van der Waals surface area contributed by atoms with Gasteiger partial charge in [-0.05, 0) is 55.8 Å². The molecular formula is C30H23Cl3N2O5S. The van der Waals surface area contributed by atoms with E-state index in [2.05, 4.69) is 0 Å². The molecule has 0 aliphatic carbocycles. The van der Waals surface area contributed by atoms with E-state index >= 15 is 0 Å². The molecule has 0 saturated heterocycles. The molecular weight excluding hydrogens is 607 g/mol. The van der Waals surface area contributed by atoms with Crippen molar-refractivity contribution in [1.29, 1.82) is 0 Å². The fraction of sp³-hybridized carbons (Fsp3) is 0.233. The third kappa shape index (κ3) is 4.83. The lowest BCUT2D eigenvalue weighted by Crippen LogP contribution is -2.58. The van der Waals surface area contributed by atoms with Crippen LogP contribution in [0.3, 0.4) is 0 Å². The van der Waals surface area contributed by atoms with Crippen molar-refractivity contribution in [3.63, 3.8) is 0 Å². The van der Waals surface area contributed by atoms with Crippen LogP contribution in [0.1, 0.15) is 36.6 Å². The molecule has 0 N–H and O–H groups in total. The topological polar surface area (TPSA) is 79.1 Å². The Morgan fingerprint density at radius 2 is 1.88 bits per heavy atom. The summed E-state index contributed by atoms with van der Waals surface area (Å²) in [5, 5.41) is 0.984. The predicted octanol–water partition coefficient (Wildman–Crippen LogP) is 5.82. The van der Waals surface area contributed by atoms with E-state index in [1.54, 1.807) is 42.9 Å². The van der Waals surface area contributed by atoms with Gasteiger partial charge in [-0.3, -0.25) is 14.2 Å². The number of thiazole rings is 1. The number of carbonyl (C=O) groups excluding carboxylic acids is 1. The lowest BCUT2D eigenvalue weighted by atomic mass is 9.79. The number of Topliss-reactive ketones (excluding diaryl/α,β-unsaturated/α-hetero) is 1. The molecule has 7 nitrogen and oxygen atoms in total. The van der Waals surface area contributed by atoms with Crippen LogP contribution in [0, 0.1) is 5.92 Å². The van der Waals surface area contributed by atoms with Gasteiger partial charge in [0.15, 0.2) is 10.6 Å². The molecule has 2 aliphatic heterocycles. The first kappa shape index (κ1) is 27.8. The van der Waals surface area contributed by atoms with Crippen molar-refractivity contribution in [3.8, 4) is 17.2 Å². The van der Waals surface area contributed by atoms with Crippen LogP contribution >= 0.6 is 46.1 Å². The molecule has 41 heavy (non-hydrogen) atoms. The number of hydrogen-bond acceptors (Lipinski definition) is 7. The van der Waals surface area contributed by atoms with Crippen molar-refractivity contribution in [2.45, 2.75) is 32.2 Å². The van der Waals surface area contributed by atoms with Gasteiger partial charge >= 0.3 is 0 Å². The van der Waals surface area contributed by atoms with Gasteiger partial charge in [0.25, 0.3) is 5.56 Å². The number of ketones is 1. The van der Waals surface area contributed by atoms with Gasteiger partial charge in [-0.25, -0.2) is 4.99 Å². The molecule has 0 fully saturated rings. The zero-order valence-electron chi connectivity index (χ0n) is 22.1. The highest BCUT2D eigenvalue weighted by Gasteiger charge is 2.53. The zero-order valence-corrected chi connectivity index (χ0v) is 25.2. The molecule has 2 aliphatic rings. The molecule has 11 heteroatoms. The van der Waals surface area contributed by atoms with Crippen molar-refractivity contribution in [2.24, 2.45) is 10.9 Å². The van der Waals surface area contributed by atoms with E-state index in [1.807, 2.05) is 36.4 Å². The minimum Gasteiger partial charge on any atom is -0.496 e. The average Bonchev–Trinajstić information content (AvgIpc) is 3.20. The Labute approximate surface area is 254 Å². The van der Waals surface area contributed by atoms with Crippen LogP contribution < -0.4 is 29.1 Å². The van der Waals surface area contributed by atoms with Gasteiger partial charge in [-0.15, -0.1) is 0 Å². The number of ether oxygens (including phenoxy) is 3. The summed E-state index contributed by atoms with van der Waals surface area (Å²) in [6.45, 7) is 3.42. The smallest absolute Gasteiger partial charge is 0.270 e. The number of methoxy groups -OCH3 is 1. The maximum Gasteiger partial charge on any atom is 0.270 e. The molecule has 0 spiro atoms. The Bertz CT molecular complexity index is 1880. The van der Waals surface area contributed by atoms with Crippen LogP contribution in [-0.4, -0.2) is 23.2 Å². The number of rotatable bonds is 6. The summed E-state index contributed by atoms with van der Waals surface area (Å²) in [5.41, 5.74) is 0.918. The molecule has 3 aromatic carbocycles. The highest BCUT2D eigenvalue weighted by atomic mass is 35.5. The fourth-order valence-corrected chi connectivity index (χ4v) is 7.55. The van der Waals surface area contributed by atoms with Gasteiger partial charge in [0.2, 0.25) is 5.72 Å². The largest absolute Gasteiger partial charge is 0.496 e. The average molecular weight is 630 g/mol. The van der Waals surface area contributed by atoms with E-state index in [4.69, 9.17) is 54.0 Å². The lowest BCUT2D eigenvalue weighted by Gasteiger charge is -2.45. The monoisotopic (exact) mass is 628 g/mol. The maximum absolute atomic E-state index is 13.9. The number of para-hydroxylation sites is 1. The van der Waals surface area contributed by atoms with Gasteiger partial charge < -0.3 is 14.2 Å². The van der Waals surface area contributed by atoms with Crippen molar-refractivity contribution in [2.75, 3.05) is 7.11 Å². The molecule has 0 amide bonds. The van der Waals surface area contributed by atoms with E-state index in [-0.39, 0.29) is 17.9 Å². The summed E-state index contributed by atoms with van der Waals surface area (Å²) >= 11 is 19.8. The quantitative estimate of drug-likeness (QED) is 0.269. The first-order valence-corrected chi connectivity index (χ1v) is 14.6. The third-order valence-electron chi connectivity index (χ3n) is 7.26. The molecule has 0 radical (unpaired) electrons. The Kier molecular flexibility index (Phi) is 7.14. The number of aromatic nitrogens is 1. The number of fused-ring (bicyclic) bond motifs is 6. The summed E-state index contributed by atoms with van der Waals surface area (Å²) < 4.78 is 19.8. The van der Waals surface area contributed by atoms with E-state index in [0.29, 0.717) is 41.7 Å². The summed E-state index contributed by atoms with van der Waals surface area (Å²) in [5.74, 6) is 0.797. The van der Waals surface area contributed by atoms with E-state index in [1.165, 1.54) is 18.3 Å². The second-order valence-electron chi connectivity index (χ2n) is 9.97. The highest BCUT2D eigenvalue weighted by molar-refractivity contribution is 7.07. The highest BCUT2D eigenvalue weighted by Crippen LogP contribution is 2.47. The van der Waals surface area contributed by atoms with Crippen LogP contribution in [0.25, 0.3) is 6.08 Å². The van der Waals surface area contributed by atoms with Crippen molar-refractivity contribution in [3.05, 3.63) is 106 Å². The molecule has 2 bridgehead atoms. The summed E-state index contributed by atoms with van der Waals surface area (Å²) in [6.07, 6.45) is 1.79. The SMILES string of the molecule is COc1ccc(C=c2sc3n(c2=O)[C@H]2c4ccccc4O[C@@](C)(N=3)[C@@H]2C(C)=O)cc1COc1c(Cl)cc(Cl)cc1Cl. The second-order valence-corrected chi connectivity index (χ2v) is 12.2. The standard InChI is InChI=1S/C30H23Cl3N2O5S/c1-15(36)25-26-19-6-4-5-7-23(19)40-30(25,2)34-29-35(26)28(37)24(41-29)11-16-8-9-22(38-3)17(10-16)14-39-27-20(32)12-18(31)13-21(27)33/h4-13,25-26H,14H2,1-3H3/t25-,26+,30-/m1/s1. The molecule has 0 saturated carbocycles. The fourth-order valence-electron chi connectivity index (χ4n) is 5.53. The lowest BCUT2D eigenvalue weighted by molar-refractivity contribution is -0.132. The minimum atomic E-state index is -1.12. The van der Waals surface area contributed by atoms with Gasteiger partial charge in [-0.2, -0.15) is 0 Å². The summed E-state index contributed by atoms with van der Waals surface area (Å²) in [6, 6.07) is 15.6. The number of carbonyl (C=O) groups is 1. The van der Waals surface area contributed by atoms with Crippen molar-refractivity contribution in [1.82, 2.24) is 4.57 Å². The molecule has 4 aromatic rings. The van der Waals surface area contributed by atoms with Gasteiger partial charge in [-0.1, -0.05) is 70.4 Å². The normalized spacial score (nSPS) is 20.9. The van der Waals surface area contributed by atoms with Crippen LogP contribution in [0.15, 0.2) is 64.4 Å². The number of benzene rings is 3. The van der Waals surface area contributed by atoms with Gasteiger partial charge in [0.1, 0.15) is 29.8 Å². The Morgan fingerprint density at radius 3 is 2.59 bits per heavy atom. The van der Waals surface area contributed by atoms with Gasteiger partial charge in [0, 0.05) is 16.1 Å². The van der Waals surface area contributed by atoms with Gasteiger partial charge in [0.05, 0.1) is 27.7 Å². The van der Waals surface area contributed by atoms with Crippen LogP contribution in [0.2, 0.25) is 15.1 Å². The number of halogens is 3. The number of hydrogen-bond donors (Lipinski definition) is 0. The molecule has 210 valence electrons. The minimum absolute atomic E-state index is 0.0919. The first-order chi connectivity index (χ1) is 19.6. The molecule has 1 aromatic heterocycles. The predicted molar refractivity (Wildman–Crippen MR) is 160 cm³/mol. The summed E-state index contributed by atoms with van der Waals surface area (Å²) in [4.78, 5) is 32.0. The Balaban J connectivity index is 1.42. The Morgan fingerprint density at radius 1 is 1.15 bits per heavy atom. The third-order valence-corrected chi connectivity index (χ3v) is 9.02. The molecule has 3 heterocycles. The summed E-state index contributed by atoms with van der Waals surface area (Å²) in [7, 11) is 1.57.